The van der Waals surface area contributed by atoms with Crippen molar-refractivity contribution in [3.63, 3.8) is 0 Å². The highest BCUT2D eigenvalue weighted by molar-refractivity contribution is 6.34. The molecule has 5 rings (SSSR count). The third-order valence-corrected chi connectivity index (χ3v) is 8.40. The van der Waals surface area contributed by atoms with E-state index in [1.54, 1.807) is 17.0 Å². The molecule has 2 amide bonds. The topological polar surface area (TPSA) is 65.5 Å². The van der Waals surface area contributed by atoms with Crippen LogP contribution in [-0.2, 0) is 12.6 Å². The Morgan fingerprint density at radius 2 is 1.71 bits per heavy atom. The van der Waals surface area contributed by atoms with Crippen molar-refractivity contribution in [3.8, 4) is 0 Å². The lowest BCUT2D eigenvalue weighted by molar-refractivity contribution is -0.137. The van der Waals surface area contributed by atoms with E-state index in [1.165, 1.54) is 12.1 Å². The molecular weight excluding hydrogens is 553 g/mol. The van der Waals surface area contributed by atoms with E-state index in [0.717, 1.165) is 60.2 Å². The van der Waals surface area contributed by atoms with Gasteiger partial charge < -0.3 is 15.1 Å². The van der Waals surface area contributed by atoms with Crippen molar-refractivity contribution in [3.05, 3.63) is 92.8 Å². The maximum Gasteiger partial charge on any atom is 0.417 e. The standard InChI is InChI=1S/C31H32ClF3N4O2/c1-18-15-23(16-19(2)36-18)39-13-11-22(12-14-39)38(3)30(41)21-8-7-20-9-10-27(24(20)17-21)37-29(40)28-25(31(33,34)35)5-4-6-26(28)32/h4-8,15-17,22,27H,9-14H2,1-3H3,(H,37,40). The molecule has 0 saturated carbocycles. The van der Waals surface area contributed by atoms with Gasteiger partial charge in [0, 0.05) is 48.8 Å². The predicted octanol–water partition coefficient (Wildman–Crippen LogP) is 6.53. The maximum absolute atomic E-state index is 13.6. The summed E-state index contributed by atoms with van der Waals surface area (Å²) >= 11 is 6.03. The zero-order chi connectivity index (χ0) is 29.5. The number of pyridine rings is 1. The van der Waals surface area contributed by atoms with Gasteiger partial charge >= 0.3 is 6.18 Å². The van der Waals surface area contributed by atoms with E-state index >= 15 is 0 Å². The van der Waals surface area contributed by atoms with Crippen LogP contribution in [0.2, 0.25) is 5.02 Å². The summed E-state index contributed by atoms with van der Waals surface area (Å²) in [4.78, 5) is 35.1. The molecule has 1 saturated heterocycles. The molecule has 2 aromatic carbocycles. The third kappa shape index (κ3) is 6.05. The largest absolute Gasteiger partial charge is 0.417 e. The van der Waals surface area contributed by atoms with Crippen LogP contribution in [-0.4, -0.2) is 47.9 Å². The van der Waals surface area contributed by atoms with Gasteiger partial charge in [-0.2, -0.15) is 13.2 Å². The number of nitrogens with one attached hydrogen (secondary N) is 1. The van der Waals surface area contributed by atoms with Gasteiger partial charge in [-0.15, -0.1) is 0 Å². The number of aryl methyl sites for hydroxylation is 3. The summed E-state index contributed by atoms with van der Waals surface area (Å²) in [6.45, 7) is 5.62. The van der Waals surface area contributed by atoms with Gasteiger partial charge in [0.05, 0.1) is 22.2 Å². The second kappa shape index (κ2) is 11.4. The fraction of sp³-hybridized carbons (Fsp3) is 0.387. The third-order valence-electron chi connectivity index (χ3n) is 8.09. The molecule has 3 aromatic rings. The molecular formula is C31H32ClF3N4O2. The number of piperidine rings is 1. The minimum absolute atomic E-state index is 0.0764. The number of carbonyl (C=O) groups excluding carboxylic acids is 2. The Balaban J connectivity index is 1.28. The van der Waals surface area contributed by atoms with Crippen LogP contribution in [0.3, 0.4) is 0 Å². The Labute approximate surface area is 242 Å². The van der Waals surface area contributed by atoms with Gasteiger partial charge in [-0.25, -0.2) is 0 Å². The summed E-state index contributed by atoms with van der Waals surface area (Å²) in [5.74, 6) is -1.01. The molecule has 6 nitrogen and oxygen atoms in total. The van der Waals surface area contributed by atoms with E-state index in [4.69, 9.17) is 11.6 Å². The van der Waals surface area contributed by atoms with Crippen molar-refractivity contribution in [1.82, 2.24) is 15.2 Å². The first-order chi connectivity index (χ1) is 19.4. The number of alkyl halides is 3. The summed E-state index contributed by atoms with van der Waals surface area (Å²) in [5, 5.41) is 2.47. The molecule has 1 unspecified atom stereocenters. The summed E-state index contributed by atoms with van der Waals surface area (Å²) in [7, 11) is 1.81. The number of hydrogen-bond donors (Lipinski definition) is 1. The van der Waals surface area contributed by atoms with Crippen LogP contribution >= 0.6 is 11.6 Å². The van der Waals surface area contributed by atoms with E-state index in [2.05, 4.69) is 27.3 Å². The number of aromatic nitrogens is 1. The van der Waals surface area contributed by atoms with Gasteiger partial charge in [0.2, 0.25) is 0 Å². The number of amides is 2. The highest BCUT2D eigenvalue weighted by atomic mass is 35.5. The molecule has 0 spiro atoms. The van der Waals surface area contributed by atoms with Gasteiger partial charge in [-0.05, 0) is 87.1 Å². The number of hydrogen-bond acceptors (Lipinski definition) is 4. The molecule has 2 aliphatic rings. The van der Waals surface area contributed by atoms with Gasteiger partial charge in [0.25, 0.3) is 11.8 Å². The molecule has 2 heterocycles. The van der Waals surface area contributed by atoms with Gasteiger partial charge in [0.1, 0.15) is 0 Å². The highest BCUT2D eigenvalue weighted by Crippen LogP contribution is 2.37. The lowest BCUT2D eigenvalue weighted by Crippen LogP contribution is -2.45. The molecule has 1 aromatic heterocycles. The average molecular weight is 585 g/mol. The van der Waals surface area contributed by atoms with Crippen LogP contribution in [0, 0.1) is 13.8 Å². The van der Waals surface area contributed by atoms with Crippen molar-refractivity contribution in [2.24, 2.45) is 0 Å². The number of fused-ring (bicyclic) bond motifs is 1. The van der Waals surface area contributed by atoms with Crippen LogP contribution < -0.4 is 10.2 Å². The number of halogens is 4. The van der Waals surface area contributed by atoms with Crippen molar-refractivity contribution in [2.45, 2.75) is 57.8 Å². The van der Waals surface area contributed by atoms with Crippen LogP contribution in [0.15, 0.2) is 48.5 Å². The van der Waals surface area contributed by atoms with Crippen molar-refractivity contribution < 1.29 is 22.8 Å². The lowest BCUT2D eigenvalue weighted by Gasteiger charge is -2.38. The second-order valence-corrected chi connectivity index (χ2v) is 11.3. The number of anilines is 1. The minimum Gasteiger partial charge on any atom is -0.371 e. The smallest absolute Gasteiger partial charge is 0.371 e. The Morgan fingerprint density at radius 1 is 1.02 bits per heavy atom. The van der Waals surface area contributed by atoms with Gasteiger partial charge in [0.15, 0.2) is 0 Å². The van der Waals surface area contributed by atoms with Crippen molar-refractivity contribution in [2.75, 3.05) is 25.0 Å². The fourth-order valence-electron chi connectivity index (χ4n) is 5.98. The van der Waals surface area contributed by atoms with E-state index in [0.29, 0.717) is 18.4 Å². The summed E-state index contributed by atoms with van der Waals surface area (Å²) in [6.07, 6.45) is -1.91. The normalized spacial score (nSPS) is 17.3. The molecule has 0 radical (unpaired) electrons. The molecule has 1 aliphatic carbocycles. The fourth-order valence-corrected chi connectivity index (χ4v) is 6.24. The Bertz CT molecular complexity index is 1460. The highest BCUT2D eigenvalue weighted by Gasteiger charge is 2.37. The van der Waals surface area contributed by atoms with Crippen LogP contribution in [0.4, 0.5) is 18.9 Å². The maximum atomic E-state index is 13.6. The van der Waals surface area contributed by atoms with Crippen molar-refractivity contribution >= 4 is 29.1 Å². The predicted molar refractivity (Wildman–Crippen MR) is 152 cm³/mol. The van der Waals surface area contributed by atoms with E-state index in [-0.39, 0.29) is 17.0 Å². The molecule has 10 heteroatoms. The molecule has 1 N–H and O–H groups in total. The SMILES string of the molecule is Cc1cc(N2CCC(N(C)C(=O)c3ccc4c(c3)C(NC(=O)c3c(Cl)cccc3C(F)(F)F)CC4)CC2)cc(C)n1. The quantitative estimate of drug-likeness (QED) is 0.370. The zero-order valence-corrected chi connectivity index (χ0v) is 23.9. The van der Waals surface area contributed by atoms with Crippen LogP contribution in [0.1, 0.15) is 74.1 Å². The lowest BCUT2D eigenvalue weighted by atomic mass is 9.99. The number of benzene rings is 2. The summed E-state index contributed by atoms with van der Waals surface area (Å²) < 4.78 is 40.7. The summed E-state index contributed by atoms with van der Waals surface area (Å²) in [5.41, 5.74) is 3.63. The Hall–Kier alpha value is -3.59. The second-order valence-electron chi connectivity index (χ2n) is 10.9. The molecule has 41 heavy (non-hydrogen) atoms. The molecule has 1 fully saturated rings. The Morgan fingerprint density at radius 3 is 2.37 bits per heavy atom. The first kappa shape index (κ1) is 28.9. The van der Waals surface area contributed by atoms with Gasteiger partial charge in [-0.3, -0.25) is 14.6 Å². The molecule has 1 aliphatic heterocycles. The molecule has 1 atom stereocenters. The monoisotopic (exact) mass is 584 g/mol. The minimum atomic E-state index is -4.72. The Kier molecular flexibility index (Phi) is 8.01. The van der Waals surface area contributed by atoms with E-state index in [9.17, 15) is 22.8 Å². The van der Waals surface area contributed by atoms with E-state index < -0.39 is 29.3 Å². The zero-order valence-electron chi connectivity index (χ0n) is 23.2. The van der Waals surface area contributed by atoms with Crippen LogP contribution in [0.25, 0.3) is 0 Å². The average Bonchev–Trinajstić information content (AvgIpc) is 3.32. The van der Waals surface area contributed by atoms with E-state index in [1.807, 2.05) is 27.0 Å². The molecule has 216 valence electrons. The first-order valence-electron chi connectivity index (χ1n) is 13.7. The van der Waals surface area contributed by atoms with Crippen LogP contribution in [0.5, 0.6) is 0 Å². The number of rotatable bonds is 5. The van der Waals surface area contributed by atoms with Gasteiger partial charge in [-0.1, -0.05) is 23.7 Å². The number of carbonyl (C=O) groups is 2. The summed E-state index contributed by atoms with van der Waals surface area (Å²) in [6, 6.07) is 12.4. The first-order valence-corrected chi connectivity index (χ1v) is 14.1. The molecule has 0 bridgehead atoms. The van der Waals surface area contributed by atoms with Crippen molar-refractivity contribution in [1.29, 1.82) is 0 Å². The number of nitrogens with zero attached hydrogens (tertiary/aromatic N) is 3.